The van der Waals surface area contributed by atoms with Gasteiger partial charge in [-0.2, -0.15) is 0 Å². The average molecular weight is 320 g/mol. The van der Waals surface area contributed by atoms with Gasteiger partial charge in [-0.25, -0.2) is 4.98 Å². The van der Waals surface area contributed by atoms with Crippen molar-refractivity contribution >= 4 is 17.2 Å². The second-order valence-corrected chi connectivity index (χ2v) is 5.53. The Hall–Kier alpha value is -2.08. The van der Waals surface area contributed by atoms with Gasteiger partial charge in [-0.1, -0.05) is 13.0 Å². The van der Waals surface area contributed by atoms with Crippen LogP contribution in [0.5, 0.6) is 11.5 Å². The molecule has 5 nitrogen and oxygen atoms in total. The van der Waals surface area contributed by atoms with Crippen LogP contribution in [0.25, 0.3) is 0 Å². The van der Waals surface area contributed by atoms with Crippen molar-refractivity contribution in [1.82, 2.24) is 10.3 Å². The van der Waals surface area contributed by atoms with E-state index in [1.165, 1.54) is 11.3 Å². The summed E-state index contributed by atoms with van der Waals surface area (Å²) in [6, 6.07) is 5.77. The quantitative estimate of drug-likeness (QED) is 0.852. The molecule has 0 unspecified atom stereocenters. The number of nitrogens with zero attached hydrogens (tertiary/aromatic N) is 1. The van der Waals surface area contributed by atoms with E-state index in [2.05, 4.69) is 10.3 Å². The number of amides is 1. The Morgan fingerprint density at radius 3 is 2.73 bits per heavy atom. The van der Waals surface area contributed by atoms with Gasteiger partial charge in [-0.05, 0) is 30.5 Å². The predicted molar refractivity (Wildman–Crippen MR) is 87.1 cm³/mol. The fraction of sp³-hybridized carbons (Fsp3) is 0.375. The zero-order valence-electron chi connectivity index (χ0n) is 13.0. The first-order valence-electron chi connectivity index (χ1n) is 7.11. The van der Waals surface area contributed by atoms with E-state index < -0.39 is 0 Å². The van der Waals surface area contributed by atoms with E-state index in [9.17, 15) is 4.79 Å². The number of carbonyl (C=O) groups is 1. The number of benzene rings is 1. The van der Waals surface area contributed by atoms with Gasteiger partial charge in [0.15, 0.2) is 11.5 Å². The summed E-state index contributed by atoms with van der Waals surface area (Å²) in [5.41, 5.74) is 3.65. The van der Waals surface area contributed by atoms with Gasteiger partial charge < -0.3 is 14.8 Å². The lowest BCUT2D eigenvalue weighted by molar-refractivity contribution is 0.0957. The predicted octanol–water partition coefficient (Wildman–Crippen LogP) is 2.70. The normalized spacial score (nSPS) is 10.3. The van der Waals surface area contributed by atoms with E-state index in [-0.39, 0.29) is 5.91 Å². The van der Waals surface area contributed by atoms with Gasteiger partial charge in [-0.3, -0.25) is 4.79 Å². The Morgan fingerprint density at radius 2 is 2.05 bits per heavy atom. The average Bonchev–Trinajstić information content (AvgIpc) is 3.03. The number of hydrogen-bond acceptors (Lipinski definition) is 5. The van der Waals surface area contributed by atoms with Crippen LogP contribution in [-0.2, 0) is 12.8 Å². The number of carbonyl (C=O) groups excluding carboxylic acids is 1. The van der Waals surface area contributed by atoms with Gasteiger partial charge in [0.25, 0.3) is 5.91 Å². The highest BCUT2D eigenvalue weighted by Crippen LogP contribution is 2.27. The third-order valence-electron chi connectivity index (χ3n) is 3.33. The maximum absolute atomic E-state index is 12.1. The number of methoxy groups -OCH3 is 2. The molecule has 0 radical (unpaired) electrons. The third-order valence-corrected chi connectivity index (χ3v) is 4.20. The van der Waals surface area contributed by atoms with Gasteiger partial charge in [-0.15, -0.1) is 11.3 Å². The molecule has 1 aromatic carbocycles. The molecule has 0 atom stereocenters. The minimum atomic E-state index is -0.0557. The summed E-state index contributed by atoms with van der Waals surface area (Å²) in [7, 11) is 3.22. The maximum atomic E-state index is 12.1. The van der Waals surface area contributed by atoms with Crippen molar-refractivity contribution in [2.24, 2.45) is 0 Å². The first kappa shape index (κ1) is 16.3. The van der Waals surface area contributed by atoms with Crippen LogP contribution in [0.4, 0.5) is 0 Å². The molecule has 0 aliphatic carbocycles. The lowest BCUT2D eigenvalue weighted by Gasteiger charge is -2.10. The Kier molecular flexibility index (Phi) is 5.77. The maximum Gasteiger partial charge on any atom is 0.263 e. The lowest BCUT2D eigenvalue weighted by atomic mass is 10.1. The van der Waals surface area contributed by atoms with E-state index in [0.717, 1.165) is 24.1 Å². The Bertz CT molecular complexity index is 640. The van der Waals surface area contributed by atoms with Gasteiger partial charge in [0.1, 0.15) is 4.88 Å². The number of hydrogen-bond donors (Lipinski definition) is 1. The van der Waals surface area contributed by atoms with Crippen molar-refractivity contribution in [3.05, 3.63) is 39.8 Å². The molecule has 6 heteroatoms. The zero-order chi connectivity index (χ0) is 15.9. The van der Waals surface area contributed by atoms with Crippen molar-refractivity contribution < 1.29 is 14.3 Å². The summed E-state index contributed by atoms with van der Waals surface area (Å²) in [4.78, 5) is 17.0. The number of aryl methyl sites for hydroxylation is 1. The van der Waals surface area contributed by atoms with E-state index in [4.69, 9.17) is 9.47 Å². The van der Waals surface area contributed by atoms with Crippen molar-refractivity contribution in [3.63, 3.8) is 0 Å². The van der Waals surface area contributed by atoms with Crippen LogP contribution in [0.2, 0.25) is 0 Å². The fourth-order valence-electron chi connectivity index (χ4n) is 2.14. The molecule has 1 aromatic heterocycles. The summed E-state index contributed by atoms with van der Waals surface area (Å²) >= 11 is 1.38. The van der Waals surface area contributed by atoms with Crippen LogP contribution in [0, 0.1) is 0 Å². The second-order valence-electron chi connectivity index (χ2n) is 4.68. The minimum absolute atomic E-state index is 0.0557. The molecule has 2 rings (SSSR count). The van der Waals surface area contributed by atoms with Crippen molar-refractivity contribution in [3.8, 4) is 11.5 Å². The molecular weight excluding hydrogens is 300 g/mol. The molecule has 118 valence electrons. The summed E-state index contributed by atoms with van der Waals surface area (Å²) in [5, 5.41) is 2.93. The molecule has 2 aromatic rings. The summed E-state index contributed by atoms with van der Waals surface area (Å²) in [6.07, 6.45) is 1.49. The Morgan fingerprint density at radius 1 is 1.27 bits per heavy atom. The number of rotatable bonds is 7. The van der Waals surface area contributed by atoms with Crippen LogP contribution in [0.1, 0.15) is 27.9 Å². The van der Waals surface area contributed by atoms with Gasteiger partial charge in [0.2, 0.25) is 0 Å². The largest absolute Gasteiger partial charge is 0.493 e. The number of ether oxygens (including phenoxy) is 2. The molecule has 1 heterocycles. The van der Waals surface area contributed by atoms with E-state index in [0.29, 0.717) is 22.9 Å². The van der Waals surface area contributed by atoms with E-state index in [1.807, 2.05) is 25.1 Å². The van der Waals surface area contributed by atoms with Crippen LogP contribution >= 0.6 is 11.3 Å². The summed E-state index contributed by atoms with van der Waals surface area (Å²) < 4.78 is 10.5. The number of thiazole rings is 1. The van der Waals surface area contributed by atoms with Crippen LogP contribution in [0.3, 0.4) is 0 Å². The van der Waals surface area contributed by atoms with Crippen LogP contribution in [-0.4, -0.2) is 31.7 Å². The molecule has 1 N–H and O–H groups in total. The van der Waals surface area contributed by atoms with Crippen molar-refractivity contribution in [1.29, 1.82) is 0 Å². The molecular formula is C16H20N2O3S. The van der Waals surface area contributed by atoms with E-state index >= 15 is 0 Å². The van der Waals surface area contributed by atoms with Crippen molar-refractivity contribution in [2.75, 3.05) is 20.8 Å². The highest BCUT2D eigenvalue weighted by Gasteiger charge is 2.13. The molecule has 22 heavy (non-hydrogen) atoms. The molecule has 0 bridgehead atoms. The lowest BCUT2D eigenvalue weighted by Crippen LogP contribution is -2.25. The number of aromatic nitrogens is 1. The van der Waals surface area contributed by atoms with Crippen LogP contribution in [0.15, 0.2) is 23.7 Å². The van der Waals surface area contributed by atoms with Crippen molar-refractivity contribution in [2.45, 2.75) is 19.8 Å². The smallest absolute Gasteiger partial charge is 0.263 e. The first-order chi connectivity index (χ1) is 10.7. The summed E-state index contributed by atoms with van der Waals surface area (Å²) in [6.45, 7) is 2.56. The van der Waals surface area contributed by atoms with Gasteiger partial charge >= 0.3 is 0 Å². The third kappa shape index (κ3) is 3.76. The summed E-state index contributed by atoms with van der Waals surface area (Å²) in [5.74, 6) is 1.34. The molecule has 1 amide bonds. The molecule has 0 aliphatic heterocycles. The standard InChI is InChI=1S/C16H20N2O3S/c1-4-12-15(22-10-18-12)16(19)17-8-7-11-5-6-13(20-2)14(9-11)21-3/h5-6,9-10H,4,7-8H2,1-3H3,(H,17,19). The Labute approximate surface area is 134 Å². The second kappa shape index (κ2) is 7.79. The minimum Gasteiger partial charge on any atom is -0.493 e. The van der Waals surface area contributed by atoms with Gasteiger partial charge in [0.05, 0.1) is 25.4 Å². The Balaban J connectivity index is 1.92. The van der Waals surface area contributed by atoms with Crippen LogP contribution < -0.4 is 14.8 Å². The zero-order valence-corrected chi connectivity index (χ0v) is 13.8. The molecule has 0 fully saturated rings. The highest BCUT2D eigenvalue weighted by molar-refractivity contribution is 7.11. The molecule has 0 spiro atoms. The van der Waals surface area contributed by atoms with Gasteiger partial charge in [0, 0.05) is 6.54 Å². The SMILES string of the molecule is CCc1ncsc1C(=O)NCCc1ccc(OC)c(OC)c1. The van der Waals surface area contributed by atoms with E-state index in [1.54, 1.807) is 19.7 Å². The molecule has 0 saturated carbocycles. The highest BCUT2D eigenvalue weighted by atomic mass is 32.1. The molecule has 0 saturated heterocycles. The monoisotopic (exact) mass is 320 g/mol. The topological polar surface area (TPSA) is 60.5 Å². The molecule has 0 aliphatic rings. The number of nitrogens with one attached hydrogen (secondary N) is 1. The first-order valence-corrected chi connectivity index (χ1v) is 7.99. The fourth-order valence-corrected chi connectivity index (χ4v) is 2.94.